The lowest BCUT2D eigenvalue weighted by Gasteiger charge is -2.39. The minimum absolute atomic E-state index is 0. The molecule has 39 heavy (non-hydrogen) atoms. The fourth-order valence-corrected chi connectivity index (χ4v) is 5.88. The lowest BCUT2D eigenvalue weighted by atomic mass is 9.87. The Labute approximate surface area is 257 Å². The highest BCUT2D eigenvalue weighted by Crippen LogP contribution is 2.31. The number of hydrogen-bond donors (Lipinski definition) is 2. The molecule has 6 nitrogen and oxygen atoms in total. The van der Waals surface area contributed by atoms with Crippen molar-refractivity contribution < 1.29 is 10.2 Å². The summed E-state index contributed by atoms with van der Waals surface area (Å²) in [4.78, 5) is 12.2. The Hall–Kier alpha value is -1.51. The minimum atomic E-state index is 0. The zero-order chi connectivity index (χ0) is 24.2. The van der Waals surface area contributed by atoms with Crippen molar-refractivity contribution in [2.75, 3.05) is 45.8 Å². The number of fused-ring (bicyclic) bond motifs is 2. The number of aromatic nitrogens is 1. The predicted molar refractivity (Wildman–Crippen MR) is 170 cm³/mol. The number of halogens is 4. The number of pyridine rings is 1. The van der Waals surface area contributed by atoms with Crippen LogP contribution in [0.2, 0.25) is 0 Å². The first-order valence-corrected chi connectivity index (χ1v) is 13.2. The third kappa shape index (κ3) is 8.49. The summed E-state index contributed by atoms with van der Waals surface area (Å²) in [6.45, 7) is 10.8. The molecule has 2 aromatic carbocycles. The maximum Gasteiger partial charge on any atom is 0.141 e. The summed E-state index contributed by atoms with van der Waals surface area (Å²) in [6.07, 6.45) is 6.07. The molecule has 0 spiro atoms. The van der Waals surface area contributed by atoms with Crippen LogP contribution in [-0.2, 0) is 19.4 Å². The highest BCUT2D eigenvalue weighted by atomic mass is 35.5. The molecule has 0 bridgehead atoms. The highest BCUT2D eigenvalue weighted by molar-refractivity contribution is 5.87. The van der Waals surface area contributed by atoms with Gasteiger partial charge in [0.15, 0.2) is 0 Å². The van der Waals surface area contributed by atoms with E-state index in [9.17, 15) is 10.2 Å². The Balaban J connectivity index is 0.00000190. The molecule has 1 unspecified atom stereocenters. The Bertz CT molecular complexity index is 1160. The molecule has 2 heterocycles. The van der Waals surface area contributed by atoms with Gasteiger partial charge in [-0.15, -0.1) is 49.6 Å². The van der Waals surface area contributed by atoms with Crippen LogP contribution in [0.4, 0.5) is 0 Å². The van der Waals surface area contributed by atoms with Crippen molar-refractivity contribution in [3.8, 4) is 11.5 Å². The molecule has 5 rings (SSSR count). The summed E-state index contributed by atoms with van der Waals surface area (Å²) in [5, 5.41) is 21.4. The highest BCUT2D eigenvalue weighted by Gasteiger charge is 2.26. The molecular weight excluding hydrogens is 578 g/mol. The molecule has 1 aromatic heterocycles. The average Bonchev–Trinajstić information content (AvgIpc) is 2.89. The van der Waals surface area contributed by atoms with Crippen LogP contribution in [0.15, 0.2) is 48.7 Å². The van der Waals surface area contributed by atoms with Gasteiger partial charge in [-0.2, -0.15) is 0 Å². The minimum Gasteiger partial charge on any atom is -0.508 e. The Morgan fingerprint density at radius 2 is 1.62 bits per heavy atom. The number of hydrogen-bond acceptors (Lipinski definition) is 6. The van der Waals surface area contributed by atoms with E-state index in [4.69, 9.17) is 0 Å². The van der Waals surface area contributed by atoms with Crippen molar-refractivity contribution >= 4 is 60.5 Å². The van der Waals surface area contributed by atoms with Crippen LogP contribution in [0.25, 0.3) is 10.9 Å². The van der Waals surface area contributed by atoms with E-state index < -0.39 is 0 Å². The molecule has 218 valence electrons. The summed E-state index contributed by atoms with van der Waals surface area (Å²) in [6, 6.07) is 14.4. The van der Waals surface area contributed by atoms with Gasteiger partial charge in [-0.25, -0.2) is 0 Å². The average molecular weight is 620 g/mol. The summed E-state index contributed by atoms with van der Waals surface area (Å²) in [5.74, 6) is 0.724. The topological polar surface area (TPSA) is 63.1 Å². The number of aromatic hydroxyl groups is 2. The van der Waals surface area contributed by atoms with Crippen LogP contribution < -0.4 is 0 Å². The first-order valence-electron chi connectivity index (χ1n) is 13.2. The smallest absolute Gasteiger partial charge is 0.141 e. The second-order valence-corrected chi connectivity index (χ2v) is 10.1. The van der Waals surface area contributed by atoms with E-state index in [1.165, 1.54) is 17.5 Å². The Morgan fingerprint density at radius 1 is 0.872 bits per heavy atom. The van der Waals surface area contributed by atoms with E-state index in [0.717, 1.165) is 82.6 Å². The molecule has 3 aromatic rings. The van der Waals surface area contributed by atoms with Crippen molar-refractivity contribution in [2.24, 2.45) is 0 Å². The molecule has 0 radical (unpaired) electrons. The number of rotatable bonds is 8. The second-order valence-electron chi connectivity index (χ2n) is 10.1. The molecule has 1 aliphatic heterocycles. The lowest BCUT2D eigenvalue weighted by Crippen LogP contribution is -2.49. The third-order valence-corrected chi connectivity index (χ3v) is 7.86. The SMILES string of the molecule is CCCN(CCN1CCN(Cc2ccc(O)c3ncccc23)CC1)C1CCc2c(O)cccc2C1.Cl.Cl.Cl.Cl. The van der Waals surface area contributed by atoms with Crippen LogP contribution in [-0.4, -0.2) is 81.8 Å². The van der Waals surface area contributed by atoms with Gasteiger partial charge in [-0.1, -0.05) is 31.2 Å². The van der Waals surface area contributed by atoms with Crippen molar-refractivity contribution in [1.82, 2.24) is 19.7 Å². The zero-order valence-electron chi connectivity index (χ0n) is 22.5. The molecule has 0 saturated carbocycles. The van der Waals surface area contributed by atoms with E-state index in [2.05, 4.69) is 38.7 Å². The van der Waals surface area contributed by atoms with Gasteiger partial charge in [0, 0.05) is 63.4 Å². The number of benzene rings is 2. The largest absolute Gasteiger partial charge is 0.508 e. The summed E-state index contributed by atoms with van der Waals surface area (Å²) in [7, 11) is 0. The molecular formula is C29H42Cl4N4O2. The van der Waals surface area contributed by atoms with Gasteiger partial charge in [0.2, 0.25) is 0 Å². The van der Waals surface area contributed by atoms with Gasteiger partial charge >= 0.3 is 0 Å². The summed E-state index contributed by atoms with van der Waals surface area (Å²) >= 11 is 0. The molecule has 1 fully saturated rings. The number of piperazine rings is 1. The Kier molecular flexibility index (Phi) is 15.2. The van der Waals surface area contributed by atoms with Crippen molar-refractivity contribution in [2.45, 2.75) is 45.2 Å². The van der Waals surface area contributed by atoms with Crippen molar-refractivity contribution in [1.29, 1.82) is 0 Å². The van der Waals surface area contributed by atoms with E-state index in [0.29, 0.717) is 17.3 Å². The standard InChI is InChI=1S/C29H38N4O2.4ClH/c1-2-13-33(24-9-10-25-22(20-24)5-3-7-27(25)34)19-18-31-14-16-32(17-15-31)21-23-8-11-28(35)29-26(23)6-4-12-30-29;;;;/h3-8,11-12,24,34-35H,2,9-10,13-21H2,1H3;4*1H. The normalized spacial score (nSPS) is 17.3. The van der Waals surface area contributed by atoms with Gasteiger partial charge in [0.05, 0.1) is 0 Å². The first-order chi connectivity index (χ1) is 17.1. The molecule has 1 atom stereocenters. The van der Waals surface area contributed by atoms with E-state index in [-0.39, 0.29) is 55.4 Å². The fraction of sp³-hybridized carbons (Fsp3) is 0.483. The van der Waals surface area contributed by atoms with E-state index in [1.807, 2.05) is 24.3 Å². The van der Waals surface area contributed by atoms with Gasteiger partial charge in [0.25, 0.3) is 0 Å². The van der Waals surface area contributed by atoms with Crippen LogP contribution in [0.5, 0.6) is 11.5 Å². The second kappa shape index (κ2) is 16.7. The molecule has 1 aliphatic carbocycles. The molecule has 2 N–H and O–H groups in total. The van der Waals surface area contributed by atoms with Gasteiger partial charge in [-0.3, -0.25) is 19.7 Å². The predicted octanol–water partition coefficient (Wildman–Crippen LogP) is 5.72. The number of nitrogens with zero attached hydrogens (tertiary/aromatic N) is 4. The quantitative estimate of drug-likeness (QED) is 0.336. The molecule has 0 amide bonds. The van der Waals surface area contributed by atoms with Crippen LogP contribution in [0.1, 0.15) is 36.5 Å². The van der Waals surface area contributed by atoms with E-state index in [1.54, 1.807) is 12.3 Å². The monoisotopic (exact) mass is 618 g/mol. The van der Waals surface area contributed by atoms with Gasteiger partial charge < -0.3 is 10.2 Å². The van der Waals surface area contributed by atoms with Gasteiger partial charge in [0.1, 0.15) is 17.0 Å². The fourth-order valence-electron chi connectivity index (χ4n) is 5.88. The summed E-state index contributed by atoms with van der Waals surface area (Å²) < 4.78 is 0. The molecule has 2 aliphatic rings. The van der Waals surface area contributed by atoms with Crippen LogP contribution in [0, 0.1) is 0 Å². The Morgan fingerprint density at radius 3 is 2.36 bits per heavy atom. The third-order valence-electron chi connectivity index (χ3n) is 7.86. The van der Waals surface area contributed by atoms with Crippen molar-refractivity contribution in [3.05, 3.63) is 65.4 Å². The zero-order valence-corrected chi connectivity index (χ0v) is 25.8. The summed E-state index contributed by atoms with van der Waals surface area (Å²) in [5.41, 5.74) is 4.42. The lowest BCUT2D eigenvalue weighted by molar-refractivity contribution is 0.100. The van der Waals surface area contributed by atoms with E-state index >= 15 is 0 Å². The molecule has 10 heteroatoms. The van der Waals surface area contributed by atoms with Crippen molar-refractivity contribution in [3.63, 3.8) is 0 Å². The molecule has 1 saturated heterocycles. The van der Waals surface area contributed by atoms with Crippen LogP contribution >= 0.6 is 49.6 Å². The first kappa shape index (κ1) is 35.5. The van der Waals surface area contributed by atoms with Crippen LogP contribution in [0.3, 0.4) is 0 Å². The maximum atomic E-state index is 10.2. The number of phenolic OH excluding ortho intramolecular Hbond substituents is 2. The number of phenols is 2. The maximum absolute atomic E-state index is 10.2. The van der Waals surface area contributed by atoms with Gasteiger partial charge in [-0.05, 0) is 67.1 Å².